The van der Waals surface area contributed by atoms with Gasteiger partial charge in [0.2, 0.25) is 0 Å². The van der Waals surface area contributed by atoms with E-state index in [-0.39, 0.29) is 5.75 Å². The lowest BCUT2D eigenvalue weighted by molar-refractivity contribution is 0.318. The van der Waals surface area contributed by atoms with Gasteiger partial charge in [-0.1, -0.05) is 18.2 Å². The number of phenols is 1. The third-order valence-corrected chi connectivity index (χ3v) is 2.49. The molecule has 0 bridgehead atoms. The van der Waals surface area contributed by atoms with E-state index in [0.717, 1.165) is 5.57 Å². The fourth-order valence-electron chi connectivity index (χ4n) is 1.35. The van der Waals surface area contributed by atoms with Crippen LogP contribution < -0.4 is 15.5 Å². The molecular weight excluding hydrogens is 274 g/mol. The summed E-state index contributed by atoms with van der Waals surface area (Å²) in [5.74, 6) is 0.486. The van der Waals surface area contributed by atoms with Crippen LogP contribution in [0.2, 0.25) is 0 Å². The van der Waals surface area contributed by atoms with Crippen LogP contribution in [0, 0.1) is 0 Å². The lowest BCUT2D eigenvalue weighted by Crippen LogP contribution is -2.32. The lowest BCUT2D eigenvalue weighted by Gasteiger charge is -2.08. The number of para-hydroxylation sites is 1. The fraction of sp³-hybridized carbons (Fsp3) is 0.286. The van der Waals surface area contributed by atoms with Crippen molar-refractivity contribution in [2.45, 2.75) is 13.8 Å². The molecule has 20 heavy (non-hydrogen) atoms. The second kappa shape index (κ2) is 8.16. The van der Waals surface area contributed by atoms with Crippen LogP contribution in [0.1, 0.15) is 19.4 Å². The Morgan fingerprint density at radius 2 is 2.30 bits per heavy atom. The first kappa shape index (κ1) is 16.0. The summed E-state index contributed by atoms with van der Waals surface area (Å²) in [5, 5.41) is 17.2. The van der Waals surface area contributed by atoms with Crippen LogP contribution in [0.5, 0.6) is 11.5 Å². The summed E-state index contributed by atoms with van der Waals surface area (Å²) in [7, 11) is 0. The number of phenolic OH excluding ortho intramolecular Hbond substituents is 1. The second-order valence-electron chi connectivity index (χ2n) is 4.14. The molecule has 3 N–H and O–H groups in total. The van der Waals surface area contributed by atoms with Crippen molar-refractivity contribution in [1.29, 1.82) is 0 Å². The average molecular weight is 293 g/mol. The number of ether oxygens (including phenoxy) is 1. The highest BCUT2D eigenvalue weighted by atomic mass is 32.1. The Kier molecular flexibility index (Phi) is 6.52. The van der Waals surface area contributed by atoms with Crippen molar-refractivity contribution in [3.05, 3.63) is 35.9 Å². The van der Waals surface area contributed by atoms with E-state index < -0.39 is 0 Å². The van der Waals surface area contributed by atoms with Gasteiger partial charge in [0.05, 0.1) is 12.8 Å². The number of hydrogen-bond donors (Lipinski definition) is 3. The first-order valence-corrected chi connectivity index (χ1v) is 6.61. The molecule has 6 heteroatoms. The molecule has 0 fully saturated rings. The van der Waals surface area contributed by atoms with E-state index in [0.29, 0.717) is 29.6 Å². The molecule has 0 unspecified atom stereocenters. The first-order chi connectivity index (χ1) is 9.54. The SMILES string of the molecule is C=C(C)CNC(=S)NN=Cc1cccc(OCC)c1O. The van der Waals surface area contributed by atoms with Crippen molar-refractivity contribution >= 4 is 23.5 Å². The van der Waals surface area contributed by atoms with E-state index in [1.165, 1.54) is 6.21 Å². The average Bonchev–Trinajstić information content (AvgIpc) is 2.41. The van der Waals surface area contributed by atoms with Crippen LogP contribution in [0.15, 0.2) is 35.5 Å². The topological polar surface area (TPSA) is 65.9 Å². The third kappa shape index (κ3) is 5.27. The zero-order valence-corrected chi connectivity index (χ0v) is 12.5. The number of aromatic hydroxyl groups is 1. The van der Waals surface area contributed by atoms with E-state index in [4.69, 9.17) is 17.0 Å². The molecule has 1 aromatic carbocycles. The maximum absolute atomic E-state index is 9.96. The van der Waals surface area contributed by atoms with Crippen molar-refractivity contribution in [1.82, 2.24) is 10.7 Å². The van der Waals surface area contributed by atoms with Crippen molar-refractivity contribution in [2.75, 3.05) is 13.2 Å². The summed E-state index contributed by atoms with van der Waals surface area (Å²) in [6, 6.07) is 5.21. The van der Waals surface area contributed by atoms with E-state index in [2.05, 4.69) is 22.4 Å². The van der Waals surface area contributed by atoms with E-state index >= 15 is 0 Å². The minimum Gasteiger partial charge on any atom is -0.504 e. The van der Waals surface area contributed by atoms with Gasteiger partial charge in [0.15, 0.2) is 16.6 Å². The maximum atomic E-state index is 9.96. The van der Waals surface area contributed by atoms with Crippen molar-refractivity contribution in [2.24, 2.45) is 5.10 Å². The molecule has 0 saturated heterocycles. The highest BCUT2D eigenvalue weighted by Crippen LogP contribution is 2.28. The van der Waals surface area contributed by atoms with E-state index in [1.54, 1.807) is 18.2 Å². The van der Waals surface area contributed by atoms with Gasteiger partial charge in [-0.15, -0.1) is 0 Å². The summed E-state index contributed by atoms with van der Waals surface area (Å²) in [5.41, 5.74) is 4.18. The number of thiocarbonyl (C=S) groups is 1. The molecule has 0 atom stereocenters. The Bertz CT molecular complexity index is 515. The molecule has 0 aliphatic rings. The summed E-state index contributed by atoms with van der Waals surface area (Å²) < 4.78 is 5.29. The molecule has 0 spiro atoms. The van der Waals surface area contributed by atoms with E-state index in [9.17, 15) is 5.11 Å². The van der Waals surface area contributed by atoms with Crippen LogP contribution >= 0.6 is 12.2 Å². The largest absolute Gasteiger partial charge is 0.504 e. The third-order valence-electron chi connectivity index (χ3n) is 2.25. The van der Waals surface area contributed by atoms with Gasteiger partial charge in [-0.25, -0.2) is 0 Å². The standard InChI is InChI=1S/C14H19N3O2S/c1-4-19-12-7-5-6-11(13(12)18)9-16-17-14(20)15-8-10(2)3/h5-7,9,18H,2,4,8H2,1,3H3,(H2,15,17,20). The van der Waals surface area contributed by atoms with Gasteiger partial charge in [-0.2, -0.15) is 5.10 Å². The highest BCUT2D eigenvalue weighted by Gasteiger charge is 2.05. The molecule has 0 saturated carbocycles. The Morgan fingerprint density at radius 1 is 1.55 bits per heavy atom. The Morgan fingerprint density at radius 3 is 2.95 bits per heavy atom. The minimum absolute atomic E-state index is 0.0562. The quantitative estimate of drug-likeness (QED) is 0.325. The van der Waals surface area contributed by atoms with Crippen LogP contribution in [0.4, 0.5) is 0 Å². The number of hydrogen-bond acceptors (Lipinski definition) is 4. The number of benzene rings is 1. The molecule has 0 heterocycles. The summed E-state index contributed by atoms with van der Waals surface area (Å²) in [6.45, 7) is 8.59. The highest BCUT2D eigenvalue weighted by molar-refractivity contribution is 7.80. The van der Waals surface area contributed by atoms with Gasteiger partial charge in [-0.05, 0) is 38.2 Å². The first-order valence-electron chi connectivity index (χ1n) is 6.20. The lowest BCUT2D eigenvalue weighted by atomic mass is 10.2. The van der Waals surface area contributed by atoms with Gasteiger partial charge < -0.3 is 15.2 Å². The molecule has 0 amide bonds. The summed E-state index contributed by atoms with van der Waals surface area (Å²) in [4.78, 5) is 0. The van der Waals surface area contributed by atoms with Crippen molar-refractivity contribution in [3.8, 4) is 11.5 Å². The summed E-state index contributed by atoms with van der Waals surface area (Å²) >= 11 is 5.02. The molecule has 1 aromatic rings. The van der Waals surface area contributed by atoms with Crippen molar-refractivity contribution in [3.63, 3.8) is 0 Å². The molecule has 108 valence electrons. The Labute approximate surface area is 124 Å². The van der Waals surface area contributed by atoms with Gasteiger partial charge in [-0.3, -0.25) is 5.43 Å². The normalized spacial score (nSPS) is 10.3. The predicted octanol–water partition coefficient (Wildman–Crippen LogP) is 2.17. The smallest absolute Gasteiger partial charge is 0.187 e. The number of rotatable bonds is 6. The Hall–Kier alpha value is -2.08. The zero-order valence-electron chi connectivity index (χ0n) is 11.6. The van der Waals surface area contributed by atoms with Crippen LogP contribution in [0.3, 0.4) is 0 Å². The summed E-state index contributed by atoms with van der Waals surface area (Å²) in [6.07, 6.45) is 1.48. The van der Waals surface area contributed by atoms with Crippen LogP contribution in [0.25, 0.3) is 0 Å². The number of nitrogens with one attached hydrogen (secondary N) is 2. The van der Waals surface area contributed by atoms with Gasteiger partial charge in [0, 0.05) is 12.1 Å². The van der Waals surface area contributed by atoms with Gasteiger partial charge in [0.25, 0.3) is 0 Å². The molecular formula is C14H19N3O2S. The molecule has 1 rings (SSSR count). The minimum atomic E-state index is 0.0562. The number of hydrazone groups is 1. The number of nitrogens with zero attached hydrogens (tertiary/aromatic N) is 1. The molecule has 0 radical (unpaired) electrons. The fourth-order valence-corrected chi connectivity index (χ4v) is 1.47. The molecule has 0 aliphatic heterocycles. The van der Waals surface area contributed by atoms with E-state index in [1.807, 2.05) is 13.8 Å². The monoisotopic (exact) mass is 293 g/mol. The van der Waals surface area contributed by atoms with Gasteiger partial charge in [0.1, 0.15) is 0 Å². The predicted molar refractivity (Wildman–Crippen MR) is 85.4 cm³/mol. The zero-order chi connectivity index (χ0) is 15.0. The van der Waals surface area contributed by atoms with Crippen LogP contribution in [-0.2, 0) is 0 Å². The van der Waals surface area contributed by atoms with Crippen LogP contribution in [-0.4, -0.2) is 29.6 Å². The Balaban J connectivity index is 2.60. The van der Waals surface area contributed by atoms with Crippen molar-refractivity contribution < 1.29 is 9.84 Å². The molecule has 0 aromatic heterocycles. The molecule has 0 aliphatic carbocycles. The molecule has 5 nitrogen and oxygen atoms in total. The maximum Gasteiger partial charge on any atom is 0.187 e. The van der Waals surface area contributed by atoms with Gasteiger partial charge >= 0.3 is 0 Å². The second-order valence-corrected chi connectivity index (χ2v) is 4.55.